The number of rotatable bonds is 3. The van der Waals surface area contributed by atoms with Crippen molar-refractivity contribution in [2.75, 3.05) is 31.2 Å². The van der Waals surface area contributed by atoms with Crippen molar-refractivity contribution in [1.29, 1.82) is 5.26 Å². The maximum Gasteiger partial charge on any atom is 0.134 e. The molecular formula is C20H21N3OS. The van der Waals surface area contributed by atoms with Gasteiger partial charge in [0.2, 0.25) is 0 Å². The minimum absolute atomic E-state index is 0.792. The molecule has 1 fully saturated rings. The summed E-state index contributed by atoms with van der Waals surface area (Å²) in [5.41, 5.74) is 4.33. The fourth-order valence-electron chi connectivity index (χ4n) is 3.48. The van der Waals surface area contributed by atoms with Gasteiger partial charge >= 0.3 is 0 Å². The van der Waals surface area contributed by atoms with E-state index in [1.807, 2.05) is 6.21 Å². The van der Waals surface area contributed by atoms with Gasteiger partial charge in [-0.15, -0.1) is 11.3 Å². The molecule has 0 N–H and O–H groups in total. The lowest BCUT2D eigenvalue weighted by atomic mass is 9.96. The highest BCUT2D eigenvalue weighted by molar-refractivity contribution is 7.16. The van der Waals surface area contributed by atoms with Crippen molar-refractivity contribution in [3.8, 4) is 6.07 Å². The summed E-state index contributed by atoms with van der Waals surface area (Å²) in [7, 11) is 0. The molecule has 0 spiro atoms. The second-order valence-corrected chi connectivity index (χ2v) is 7.54. The van der Waals surface area contributed by atoms with E-state index in [-0.39, 0.29) is 0 Å². The Kier molecular flexibility index (Phi) is 4.82. The maximum atomic E-state index is 9.51. The average Bonchev–Trinajstić information content (AvgIpc) is 3.05. The van der Waals surface area contributed by atoms with Gasteiger partial charge in [-0.3, -0.25) is 0 Å². The first kappa shape index (κ1) is 16.3. The van der Waals surface area contributed by atoms with E-state index < -0.39 is 0 Å². The molecule has 1 saturated heterocycles. The largest absolute Gasteiger partial charge is 0.378 e. The van der Waals surface area contributed by atoms with Crippen LogP contribution in [0.4, 0.5) is 10.7 Å². The molecule has 5 heteroatoms. The summed E-state index contributed by atoms with van der Waals surface area (Å²) in [6.45, 7) is 3.48. The molecule has 0 amide bonds. The van der Waals surface area contributed by atoms with Crippen LogP contribution in [0.5, 0.6) is 0 Å². The first-order chi connectivity index (χ1) is 12.3. The van der Waals surface area contributed by atoms with E-state index in [1.165, 1.54) is 29.0 Å². The standard InChI is InChI=1S/C20H21N3OS/c21-13-18-17-3-1-2-4-19(17)25-20(18)22-14-15-5-7-16(8-6-15)23-9-11-24-12-10-23/h5-8,14H,1-4,9-12H2. The van der Waals surface area contributed by atoms with E-state index in [9.17, 15) is 5.26 Å². The highest BCUT2D eigenvalue weighted by Crippen LogP contribution is 2.39. The van der Waals surface area contributed by atoms with Crippen molar-refractivity contribution in [3.63, 3.8) is 0 Å². The SMILES string of the molecule is N#Cc1c(N=Cc2ccc(N3CCOCC3)cc2)sc2c1CCCC2. The predicted octanol–water partition coefficient (Wildman–Crippen LogP) is 4.09. The van der Waals surface area contributed by atoms with Crippen LogP contribution in [0, 0.1) is 11.3 Å². The third-order valence-corrected chi connectivity index (χ3v) is 6.06. The van der Waals surface area contributed by atoms with E-state index in [0.717, 1.165) is 55.3 Å². The Bertz CT molecular complexity index is 811. The molecule has 1 aliphatic carbocycles. The molecule has 0 radical (unpaired) electrons. The average molecular weight is 351 g/mol. The number of nitrogens with zero attached hydrogens (tertiary/aromatic N) is 3. The molecule has 2 aromatic rings. The molecule has 2 heterocycles. The lowest BCUT2D eigenvalue weighted by Gasteiger charge is -2.28. The molecule has 1 aromatic heterocycles. The molecule has 0 saturated carbocycles. The molecule has 0 atom stereocenters. The van der Waals surface area contributed by atoms with Gasteiger partial charge in [0, 0.05) is 29.9 Å². The van der Waals surface area contributed by atoms with Crippen molar-refractivity contribution in [1.82, 2.24) is 0 Å². The van der Waals surface area contributed by atoms with Crippen molar-refractivity contribution < 1.29 is 4.74 Å². The van der Waals surface area contributed by atoms with Gasteiger partial charge in [-0.05, 0) is 48.9 Å². The van der Waals surface area contributed by atoms with E-state index in [4.69, 9.17) is 4.74 Å². The first-order valence-corrected chi connectivity index (χ1v) is 9.68. The fraction of sp³-hybridized carbons (Fsp3) is 0.400. The predicted molar refractivity (Wildman–Crippen MR) is 102 cm³/mol. The van der Waals surface area contributed by atoms with Gasteiger partial charge in [-0.1, -0.05) is 12.1 Å². The summed E-state index contributed by atoms with van der Waals surface area (Å²) >= 11 is 1.69. The van der Waals surface area contributed by atoms with Crippen LogP contribution in [0.3, 0.4) is 0 Å². The molecule has 0 bridgehead atoms. The number of morpholine rings is 1. The number of thiophene rings is 1. The molecule has 4 nitrogen and oxygen atoms in total. The topological polar surface area (TPSA) is 48.6 Å². The van der Waals surface area contributed by atoms with Gasteiger partial charge in [-0.2, -0.15) is 5.26 Å². The zero-order valence-electron chi connectivity index (χ0n) is 14.2. The molecule has 128 valence electrons. The van der Waals surface area contributed by atoms with Crippen LogP contribution >= 0.6 is 11.3 Å². The monoisotopic (exact) mass is 351 g/mol. The second-order valence-electron chi connectivity index (χ2n) is 6.45. The maximum absolute atomic E-state index is 9.51. The number of aliphatic imine (C=N–C) groups is 1. The Hall–Kier alpha value is -2.16. The van der Waals surface area contributed by atoms with Crippen LogP contribution in [-0.2, 0) is 17.6 Å². The summed E-state index contributed by atoms with van der Waals surface area (Å²) in [4.78, 5) is 8.33. The Morgan fingerprint density at radius 3 is 2.64 bits per heavy atom. The summed E-state index contributed by atoms with van der Waals surface area (Å²) < 4.78 is 5.40. The molecule has 2 aliphatic rings. The number of fused-ring (bicyclic) bond motifs is 1. The molecule has 25 heavy (non-hydrogen) atoms. The molecule has 1 aliphatic heterocycles. The van der Waals surface area contributed by atoms with Crippen LogP contribution in [0.1, 0.15) is 34.4 Å². The van der Waals surface area contributed by atoms with Crippen LogP contribution in [0.25, 0.3) is 0 Å². The number of hydrogen-bond donors (Lipinski definition) is 0. The van der Waals surface area contributed by atoms with Gasteiger partial charge in [0.25, 0.3) is 0 Å². The summed E-state index contributed by atoms with van der Waals surface area (Å²) in [6, 6.07) is 10.8. The fourth-order valence-corrected chi connectivity index (χ4v) is 4.67. The van der Waals surface area contributed by atoms with Crippen molar-refractivity contribution in [2.24, 2.45) is 4.99 Å². The lowest BCUT2D eigenvalue weighted by Crippen LogP contribution is -2.36. The molecule has 0 unspecified atom stereocenters. The number of anilines is 1. The van der Waals surface area contributed by atoms with E-state index in [1.54, 1.807) is 11.3 Å². The third-order valence-electron chi connectivity index (χ3n) is 4.86. The summed E-state index contributed by atoms with van der Waals surface area (Å²) in [6.07, 6.45) is 6.41. The highest BCUT2D eigenvalue weighted by Gasteiger charge is 2.20. The van der Waals surface area contributed by atoms with Crippen molar-refractivity contribution in [3.05, 3.63) is 45.8 Å². The summed E-state index contributed by atoms with van der Waals surface area (Å²) in [5.74, 6) is 0. The smallest absolute Gasteiger partial charge is 0.134 e. The third kappa shape index (κ3) is 3.46. The van der Waals surface area contributed by atoms with Crippen LogP contribution in [0.15, 0.2) is 29.3 Å². The first-order valence-electron chi connectivity index (χ1n) is 8.86. The van der Waals surface area contributed by atoms with Crippen LogP contribution < -0.4 is 4.90 Å². The van der Waals surface area contributed by atoms with Crippen LogP contribution in [-0.4, -0.2) is 32.5 Å². The quantitative estimate of drug-likeness (QED) is 0.783. The zero-order chi connectivity index (χ0) is 17.1. The molecular weight excluding hydrogens is 330 g/mol. The van der Waals surface area contributed by atoms with Gasteiger partial charge in [0.1, 0.15) is 11.1 Å². The van der Waals surface area contributed by atoms with E-state index >= 15 is 0 Å². The minimum atomic E-state index is 0.792. The Labute approximate surface area is 152 Å². The number of aryl methyl sites for hydroxylation is 1. The van der Waals surface area contributed by atoms with Gasteiger partial charge in [-0.25, -0.2) is 4.99 Å². The van der Waals surface area contributed by atoms with Gasteiger partial charge in [0.15, 0.2) is 0 Å². The zero-order valence-corrected chi connectivity index (χ0v) is 15.0. The van der Waals surface area contributed by atoms with Gasteiger partial charge < -0.3 is 9.64 Å². The Morgan fingerprint density at radius 2 is 1.88 bits per heavy atom. The number of benzene rings is 1. The second kappa shape index (κ2) is 7.38. The molecule has 4 rings (SSSR count). The normalized spacial score (nSPS) is 17.5. The highest BCUT2D eigenvalue weighted by atomic mass is 32.1. The van der Waals surface area contributed by atoms with Crippen molar-refractivity contribution in [2.45, 2.75) is 25.7 Å². The summed E-state index contributed by atoms with van der Waals surface area (Å²) in [5, 5.41) is 10.4. The van der Waals surface area contributed by atoms with E-state index in [2.05, 4.69) is 40.2 Å². The Balaban J connectivity index is 1.52. The van der Waals surface area contributed by atoms with Crippen molar-refractivity contribution >= 4 is 28.2 Å². The number of hydrogen-bond acceptors (Lipinski definition) is 5. The van der Waals surface area contributed by atoms with Gasteiger partial charge in [0.05, 0.1) is 18.8 Å². The number of ether oxygens (including phenoxy) is 1. The van der Waals surface area contributed by atoms with Crippen LogP contribution in [0.2, 0.25) is 0 Å². The molecule has 1 aromatic carbocycles. The Morgan fingerprint density at radius 1 is 1.12 bits per heavy atom. The lowest BCUT2D eigenvalue weighted by molar-refractivity contribution is 0.122. The van der Waals surface area contributed by atoms with E-state index in [0.29, 0.717) is 0 Å². The number of nitriles is 1. The minimum Gasteiger partial charge on any atom is -0.378 e.